The van der Waals surface area contributed by atoms with Crippen LogP contribution in [0.15, 0.2) is 106 Å². The maximum Gasteiger partial charge on any atom is 0.395 e. The zero-order chi connectivity index (χ0) is 29.3. The number of aromatic nitrogens is 2. The summed E-state index contributed by atoms with van der Waals surface area (Å²) in [6.07, 6.45) is 0. The molecule has 12 heteroatoms. The lowest BCUT2D eigenvalue weighted by atomic mass is 9.76. The first-order valence-electron chi connectivity index (χ1n) is 12.5. The second-order valence-corrected chi connectivity index (χ2v) is 9.57. The molecule has 1 aliphatic carbocycles. The molecule has 0 N–H and O–H groups in total. The number of ether oxygens (including phenoxy) is 2. The molecule has 2 heterocycles. The molecular formula is C30H16F6N2O4. The molecule has 4 aromatic carbocycles. The van der Waals surface area contributed by atoms with Crippen molar-refractivity contribution in [2.75, 3.05) is 0 Å². The SMILES string of the molecule is FC1(F)C(F)(F)C(F)(Oc2ccc(-c3nc4ccccc4o3)cc2)C1(F)Oc1ccc(-c2nc3ccccc3o2)cc1. The first kappa shape index (κ1) is 25.9. The van der Waals surface area contributed by atoms with E-state index in [0.29, 0.717) is 33.3 Å². The highest BCUT2D eigenvalue weighted by Gasteiger charge is 3.03. The summed E-state index contributed by atoms with van der Waals surface area (Å²) in [5.74, 6) is -21.9. The quantitative estimate of drug-likeness (QED) is 0.184. The molecule has 1 fully saturated rings. The number of halogens is 6. The maximum atomic E-state index is 15.6. The minimum atomic E-state index is -5.58. The van der Waals surface area contributed by atoms with Crippen LogP contribution in [0.1, 0.15) is 0 Å². The Labute approximate surface area is 232 Å². The van der Waals surface area contributed by atoms with Gasteiger partial charge in [-0.2, -0.15) is 26.3 Å². The van der Waals surface area contributed by atoms with Gasteiger partial charge in [0.05, 0.1) is 0 Å². The van der Waals surface area contributed by atoms with Crippen LogP contribution in [0.4, 0.5) is 26.3 Å². The van der Waals surface area contributed by atoms with Crippen LogP contribution < -0.4 is 9.47 Å². The standard InChI is InChI=1S/C30H16F6N2O4/c31-27(32)28(33,34)30(36,42-20-15-11-18(12-16-20)26-38-22-6-2-4-8-24(22)40-26)29(27,35)41-19-13-9-17(10-14-19)25-37-21-5-1-3-7-23(21)39-25/h1-16H. The summed E-state index contributed by atoms with van der Waals surface area (Å²) in [6.45, 7) is 0. The number of benzene rings is 4. The molecule has 0 saturated heterocycles. The highest BCUT2D eigenvalue weighted by molar-refractivity contribution is 5.77. The van der Waals surface area contributed by atoms with Crippen LogP contribution in [-0.4, -0.2) is 33.5 Å². The van der Waals surface area contributed by atoms with Crippen molar-refractivity contribution >= 4 is 22.2 Å². The molecular weight excluding hydrogens is 566 g/mol. The van der Waals surface area contributed by atoms with Crippen LogP contribution in [0.2, 0.25) is 0 Å². The van der Waals surface area contributed by atoms with E-state index in [-0.39, 0.29) is 11.8 Å². The number of rotatable bonds is 6. The Hall–Kier alpha value is -5.00. The van der Waals surface area contributed by atoms with Crippen LogP contribution in [0, 0.1) is 0 Å². The monoisotopic (exact) mass is 582 g/mol. The largest absolute Gasteiger partial charge is 0.447 e. The maximum absolute atomic E-state index is 15.6. The van der Waals surface area contributed by atoms with Gasteiger partial charge in [0, 0.05) is 11.1 Å². The van der Waals surface area contributed by atoms with E-state index in [4.69, 9.17) is 8.83 Å². The highest BCUT2D eigenvalue weighted by atomic mass is 19.3. The van der Waals surface area contributed by atoms with Crippen molar-refractivity contribution in [2.45, 2.75) is 23.6 Å². The molecule has 2 atom stereocenters. The molecule has 2 aromatic heterocycles. The highest BCUT2D eigenvalue weighted by Crippen LogP contribution is 2.68. The second-order valence-electron chi connectivity index (χ2n) is 9.57. The Morgan fingerprint density at radius 2 is 0.833 bits per heavy atom. The minimum absolute atomic E-state index is 0.155. The van der Waals surface area contributed by atoms with E-state index in [1.807, 2.05) is 0 Å². The average Bonchev–Trinajstić information content (AvgIpc) is 3.62. The van der Waals surface area contributed by atoms with Gasteiger partial charge < -0.3 is 18.3 Å². The van der Waals surface area contributed by atoms with Gasteiger partial charge in [-0.05, 0) is 72.8 Å². The number of hydrogen-bond donors (Lipinski definition) is 0. The third kappa shape index (κ3) is 3.53. The van der Waals surface area contributed by atoms with Gasteiger partial charge in [-0.3, -0.25) is 0 Å². The zero-order valence-electron chi connectivity index (χ0n) is 21.0. The van der Waals surface area contributed by atoms with Gasteiger partial charge in [-0.1, -0.05) is 24.3 Å². The van der Waals surface area contributed by atoms with Crippen molar-refractivity contribution in [2.24, 2.45) is 0 Å². The lowest BCUT2D eigenvalue weighted by Gasteiger charge is -2.55. The normalized spacial score (nSPS) is 22.6. The van der Waals surface area contributed by atoms with Crippen molar-refractivity contribution in [3.05, 3.63) is 97.1 Å². The van der Waals surface area contributed by atoms with Crippen LogP contribution in [0.3, 0.4) is 0 Å². The van der Waals surface area contributed by atoms with Gasteiger partial charge in [0.15, 0.2) is 11.2 Å². The number of nitrogens with zero attached hydrogens (tertiary/aromatic N) is 2. The van der Waals surface area contributed by atoms with E-state index in [0.717, 1.165) is 24.3 Å². The Balaban J connectivity index is 1.15. The predicted octanol–water partition coefficient (Wildman–Crippen LogP) is 8.38. The van der Waals surface area contributed by atoms with Crippen LogP contribution in [0.5, 0.6) is 11.5 Å². The van der Waals surface area contributed by atoms with Gasteiger partial charge in [-0.15, -0.1) is 0 Å². The Morgan fingerprint density at radius 3 is 1.19 bits per heavy atom. The Bertz CT molecular complexity index is 1730. The van der Waals surface area contributed by atoms with Gasteiger partial charge >= 0.3 is 23.6 Å². The second kappa shape index (κ2) is 8.75. The summed E-state index contributed by atoms with van der Waals surface area (Å²) in [5, 5.41) is 0. The fourth-order valence-electron chi connectivity index (χ4n) is 4.65. The number of para-hydroxylation sites is 4. The van der Waals surface area contributed by atoms with E-state index < -0.39 is 35.1 Å². The van der Waals surface area contributed by atoms with E-state index in [1.165, 1.54) is 24.3 Å². The minimum Gasteiger partial charge on any atom is -0.447 e. The van der Waals surface area contributed by atoms with Gasteiger partial charge in [0.25, 0.3) is 0 Å². The van der Waals surface area contributed by atoms with E-state index in [1.54, 1.807) is 48.5 Å². The van der Waals surface area contributed by atoms with Crippen LogP contribution in [0.25, 0.3) is 45.1 Å². The molecule has 0 amide bonds. The predicted molar refractivity (Wildman–Crippen MR) is 138 cm³/mol. The summed E-state index contributed by atoms with van der Waals surface area (Å²) in [4.78, 5) is 8.54. The molecule has 1 saturated carbocycles. The van der Waals surface area contributed by atoms with Crippen molar-refractivity contribution in [1.82, 2.24) is 9.97 Å². The summed E-state index contributed by atoms with van der Waals surface area (Å²) in [6, 6.07) is 22.8. The summed E-state index contributed by atoms with van der Waals surface area (Å²) in [7, 11) is 0. The van der Waals surface area contributed by atoms with Gasteiger partial charge in [0.1, 0.15) is 22.5 Å². The van der Waals surface area contributed by atoms with E-state index in [2.05, 4.69) is 19.4 Å². The molecule has 42 heavy (non-hydrogen) atoms. The van der Waals surface area contributed by atoms with Crippen LogP contribution >= 0.6 is 0 Å². The van der Waals surface area contributed by atoms with Crippen molar-refractivity contribution in [1.29, 1.82) is 0 Å². The third-order valence-corrected chi connectivity index (χ3v) is 6.92. The molecule has 6 aromatic rings. The van der Waals surface area contributed by atoms with E-state index >= 15 is 8.78 Å². The fourth-order valence-corrected chi connectivity index (χ4v) is 4.65. The number of hydrogen-bond acceptors (Lipinski definition) is 6. The van der Waals surface area contributed by atoms with E-state index in [9.17, 15) is 17.6 Å². The van der Waals surface area contributed by atoms with Crippen molar-refractivity contribution in [3.8, 4) is 34.4 Å². The first-order chi connectivity index (χ1) is 20.0. The van der Waals surface area contributed by atoms with Gasteiger partial charge in [0.2, 0.25) is 11.8 Å². The van der Waals surface area contributed by atoms with Gasteiger partial charge in [-0.25, -0.2) is 9.97 Å². The lowest BCUT2D eigenvalue weighted by molar-refractivity contribution is -0.527. The van der Waals surface area contributed by atoms with Crippen molar-refractivity contribution in [3.63, 3.8) is 0 Å². The van der Waals surface area contributed by atoms with Crippen LogP contribution in [-0.2, 0) is 0 Å². The molecule has 1 aliphatic rings. The Morgan fingerprint density at radius 1 is 0.476 bits per heavy atom. The molecule has 7 rings (SSSR count). The summed E-state index contributed by atoms with van der Waals surface area (Å²) >= 11 is 0. The third-order valence-electron chi connectivity index (χ3n) is 6.92. The average molecular weight is 582 g/mol. The summed E-state index contributed by atoms with van der Waals surface area (Å²) < 4.78 is 110. The van der Waals surface area contributed by atoms with Crippen molar-refractivity contribution < 1.29 is 44.7 Å². The fraction of sp³-hybridized carbons (Fsp3) is 0.133. The topological polar surface area (TPSA) is 70.5 Å². The molecule has 0 radical (unpaired) electrons. The lowest BCUT2D eigenvalue weighted by Crippen LogP contribution is -2.89. The summed E-state index contributed by atoms with van der Waals surface area (Å²) in [5.41, 5.74) is 2.75. The zero-order valence-corrected chi connectivity index (χ0v) is 21.0. The number of fused-ring (bicyclic) bond motifs is 2. The molecule has 2 unspecified atom stereocenters. The number of alkyl halides is 6. The molecule has 6 nitrogen and oxygen atoms in total. The molecule has 212 valence electrons. The molecule has 0 spiro atoms. The molecule has 0 aliphatic heterocycles. The number of oxazole rings is 2. The smallest absolute Gasteiger partial charge is 0.395 e. The first-order valence-corrected chi connectivity index (χ1v) is 12.5. The molecule has 0 bridgehead atoms. The Kier molecular flexibility index (Phi) is 5.40.